The predicted molar refractivity (Wildman–Crippen MR) is 142 cm³/mol. The number of hydrogen-bond donors (Lipinski definition) is 0. The zero-order valence-electron chi connectivity index (χ0n) is 23.2. The van der Waals surface area contributed by atoms with Crippen molar-refractivity contribution in [2.75, 3.05) is 0 Å². The molecule has 3 aromatic carbocycles. The van der Waals surface area contributed by atoms with E-state index in [4.69, 9.17) is 0 Å². The molecule has 194 valence electrons. The van der Waals surface area contributed by atoms with E-state index in [9.17, 15) is 0 Å². The van der Waals surface area contributed by atoms with Gasteiger partial charge in [-0.15, -0.1) is 0 Å². The predicted octanol–water partition coefficient (Wildman–Crippen LogP) is -0.403. The molecule has 37 heavy (non-hydrogen) atoms. The van der Waals surface area contributed by atoms with Gasteiger partial charge in [-0.2, -0.15) is 5.57 Å². The molecule has 4 heteroatoms. The Balaban J connectivity index is 0.00000324. The number of halogens is 3. The molecule has 0 amide bonds. The third kappa shape index (κ3) is 7.23. The van der Waals surface area contributed by atoms with Gasteiger partial charge in [0, 0.05) is 5.41 Å². The fraction of sp³-hybridized carbons (Fsp3) is 0.333. The van der Waals surface area contributed by atoms with Gasteiger partial charge in [-0.1, -0.05) is 114 Å². The van der Waals surface area contributed by atoms with Crippen molar-refractivity contribution in [1.29, 1.82) is 0 Å². The molecule has 0 saturated heterocycles. The van der Waals surface area contributed by atoms with E-state index in [-0.39, 0.29) is 64.4 Å². The summed E-state index contributed by atoms with van der Waals surface area (Å²) in [6.45, 7) is 17.8. The number of benzene rings is 3. The Kier molecular flexibility index (Phi) is 13.7. The molecule has 0 nitrogen and oxygen atoms in total. The summed E-state index contributed by atoms with van der Waals surface area (Å²) in [5.74, 6) is 0.470. The second kappa shape index (κ2) is 14.2. The molecule has 0 unspecified atom stereocenters. The van der Waals surface area contributed by atoms with Crippen molar-refractivity contribution in [2.24, 2.45) is 5.92 Å². The van der Waals surface area contributed by atoms with Gasteiger partial charge >= 0.3 is 21.7 Å². The van der Waals surface area contributed by atoms with Crippen LogP contribution in [0.25, 0.3) is 0 Å². The van der Waals surface area contributed by atoms with Crippen molar-refractivity contribution in [3.8, 4) is 0 Å². The van der Waals surface area contributed by atoms with Crippen molar-refractivity contribution in [2.45, 2.75) is 67.2 Å². The minimum Gasteiger partial charge on any atom is -1.00 e. The summed E-state index contributed by atoms with van der Waals surface area (Å²) in [5, 5.41) is 0. The Bertz CT molecular complexity index is 1100. The van der Waals surface area contributed by atoms with E-state index in [1.54, 1.807) is 0 Å². The molecule has 0 aromatic heterocycles. The average molecular weight is 588 g/mol. The van der Waals surface area contributed by atoms with Crippen molar-refractivity contribution in [1.82, 2.24) is 0 Å². The smallest absolute Gasteiger partial charge is 1.00 e. The van der Waals surface area contributed by atoms with E-state index in [0.717, 1.165) is 6.42 Å². The summed E-state index contributed by atoms with van der Waals surface area (Å²) in [6, 6.07) is 21.2. The first kappa shape index (κ1) is 35.7. The first-order chi connectivity index (χ1) is 15.6. The maximum atomic E-state index is 3.92. The first-order valence-corrected chi connectivity index (χ1v) is 12.2. The molecule has 0 fully saturated rings. The van der Waals surface area contributed by atoms with Gasteiger partial charge in [-0.25, -0.2) is 17.7 Å². The van der Waals surface area contributed by atoms with Gasteiger partial charge in [-0.05, 0) is 58.2 Å². The molecule has 0 N–H and O–H groups in total. The number of aryl methyl sites for hydroxylation is 6. The minimum absolute atomic E-state index is 0. The molecule has 0 radical (unpaired) electrons. The normalized spacial score (nSPS) is 12.5. The van der Waals surface area contributed by atoms with Gasteiger partial charge in [0.05, 0.1) is 0 Å². The fourth-order valence-electron chi connectivity index (χ4n) is 5.71. The zero-order valence-corrected chi connectivity index (χ0v) is 27.0. The minimum atomic E-state index is -0.378. The van der Waals surface area contributed by atoms with E-state index in [2.05, 4.69) is 122 Å². The third-order valence-corrected chi connectivity index (χ3v) is 6.86. The molecular weight excluding hydrogens is 551 g/mol. The van der Waals surface area contributed by atoms with Crippen molar-refractivity contribution >= 4 is 0 Å². The second-order valence-electron chi connectivity index (χ2n) is 10.5. The maximum absolute atomic E-state index is 3.92. The van der Waals surface area contributed by atoms with Gasteiger partial charge < -0.3 is 37.2 Å². The quantitative estimate of drug-likeness (QED) is 0.217. The molecule has 1 aliphatic carbocycles. The molecule has 0 aliphatic heterocycles. The van der Waals surface area contributed by atoms with E-state index in [0.29, 0.717) is 5.92 Å². The molecule has 3 aromatic rings. The molecule has 0 spiro atoms. The Hall–Kier alpha value is -1.28. The van der Waals surface area contributed by atoms with Crippen LogP contribution in [0.4, 0.5) is 0 Å². The van der Waals surface area contributed by atoms with Crippen LogP contribution in [-0.4, -0.2) is 0 Å². The van der Waals surface area contributed by atoms with E-state index >= 15 is 0 Å². The van der Waals surface area contributed by atoms with Crippen LogP contribution in [0, 0.1) is 53.5 Å². The Morgan fingerprint density at radius 3 is 1.11 bits per heavy atom. The van der Waals surface area contributed by atoms with Crippen LogP contribution < -0.4 is 37.2 Å². The monoisotopic (exact) mass is 586 g/mol. The van der Waals surface area contributed by atoms with Crippen LogP contribution >= 0.6 is 0 Å². The van der Waals surface area contributed by atoms with E-state index < -0.39 is 0 Å². The summed E-state index contributed by atoms with van der Waals surface area (Å²) >= 11 is 0. The largest absolute Gasteiger partial charge is 4.00 e. The standard InChI is InChI=1S/C33H37.3ClH.Ti/c1-21(2)28-9-10-29(20-28)33(30-14-22(3)11-23(4)15-30,31-16-24(5)12-25(6)17-31)32-18-26(7)13-27(8)19-32;;;;/h9,11-19,21H,10H2,1-8H3;3*1H;/q-1;;;;+4/p-3. The third-order valence-electron chi connectivity index (χ3n) is 6.86. The van der Waals surface area contributed by atoms with E-state index in [1.807, 2.05) is 0 Å². The van der Waals surface area contributed by atoms with Gasteiger partial charge in [0.15, 0.2) is 0 Å². The van der Waals surface area contributed by atoms with Crippen LogP contribution in [0.15, 0.2) is 71.8 Å². The van der Waals surface area contributed by atoms with Crippen molar-refractivity contribution < 1.29 is 58.9 Å². The number of hydrogen-bond acceptors (Lipinski definition) is 0. The molecule has 0 atom stereocenters. The summed E-state index contributed by atoms with van der Waals surface area (Å²) in [7, 11) is 0. The van der Waals surface area contributed by atoms with Crippen LogP contribution in [0.2, 0.25) is 0 Å². The van der Waals surface area contributed by atoms with Crippen LogP contribution in [0.3, 0.4) is 0 Å². The molecule has 0 saturated carbocycles. The van der Waals surface area contributed by atoms with Gasteiger partial charge in [0.25, 0.3) is 0 Å². The molecular formula is C33H37Cl3Ti. The Labute approximate surface area is 258 Å². The Morgan fingerprint density at radius 2 is 0.865 bits per heavy atom. The van der Waals surface area contributed by atoms with Crippen LogP contribution in [0.5, 0.6) is 0 Å². The summed E-state index contributed by atoms with van der Waals surface area (Å²) in [4.78, 5) is 0. The van der Waals surface area contributed by atoms with Crippen molar-refractivity contribution in [3.63, 3.8) is 0 Å². The van der Waals surface area contributed by atoms with Crippen LogP contribution in [0.1, 0.15) is 70.3 Å². The van der Waals surface area contributed by atoms with Gasteiger partial charge in [0.2, 0.25) is 0 Å². The van der Waals surface area contributed by atoms with Crippen LogP contribution in [-0.2, 0) is 27.1 Å². The van der Waals surface area contributed by atoms with Gasteiger partial charge in [-0.3, -0.25) is 0 Å². The van der Waals surface area contributed by atoms with Gasteiger partial charge in [0.1, 0.15) is 0 Å². The second-order valence-corrected chi connectivity index (χ2v) is 10.5. The molecule has 4 rings (SSSR count). The molecule has 0 heterocycles. The summed E-state index contributed by atoms with van der Waals surface area (Å²) < 4.78 is 0. The summed E-state index contributed by atoms with van der Waals surface area (Å²) in [5.41, 5.74) is 14.2. The average Bonchev–Trinajstić information content (AvgIpc) is 3.17. The summed E-state index contributed by atoms with van der Waals surface area (Å²) in [6.07, 6.45) is 7.24. The van der Waals surface area contributed by atoms with Crippen molar-refractivity contribution in [3.05, 3.63) is 128 Å². The molecule has 0 bridgehead atoms. The topological polar surface area (TPSA) is 0 Å². The SMILES string of the molecule is Cc1cc(C)cc(C(C2=[C-]C(C(C)C)=CC2)(c2cc(C)cc(C)c2)c2cc(C)cc(C)c2)c1.[Cl-].[Cl-].[Cl-].[Ti+4]. The first-order valence-electron chi connectivity index (χ1n) is 12.2. The van der Waals surface area contributed by atoms with E-state index in [1.165, 1.54) is 61.2 Å². The fourth-order valence-corrected chi connectivity index (χ4v) is 5.71. The number of allylic oxidation sites excluding steroid dienone is 4. The number of rotatable bonds is 5. The molecule has 1 aliphatic rings. The maximum Gasteiger partial charge on any atom is 4.00 e. The zero-order chi connectivity index (χ0) is 23.9. The Morgan fingerprint density at radius 1 is 0.568 bits per heavy atom.